The Morgan fingerprint density at radius 3 is 2.76 bits per heavy atom. The Kier molecular flexibility index (Phi) is 5.03. The lowest BCUT2D eigenvalue weighted by Crippen LogP contribution is -2.21. The van der Waals surface area contributed by atoms with Gasteiger partial charge in [-0.1, -0.05) is 18.2 Å². The van der Waals surface area contributed by atoms with Crippen LogP contribution in [0.3, 0.4) is 0 Å². The van der Waals surface area contributed by atoms with E-state index >= 15 is 0 Å². The minimum atomic E-state index is -2.47. The number of carboxylic acids is 1. The first-order valence-electron chi connectivity index (χ1n) is 5.26. The summed E-state index contributed by atoms with van der Waals surface area (Å²) in [5, 5.41) is 8.52. The standard InChI is InChI=1S/C12H15F2NO2/c1-15(6-5-11(16)17)8-9-3-2-4-10(7-9)12(13)14/h2-4,7,12H,5-6,8H2,1H3,(H,16,17). The lowest BCUT2D eigenvalue weighted by atomic mass is 10.1. The second-order valence-corrected chi connectivity index (χ2v) is 3.93. The van der Waals surface area contributed by atoms with E-state index in [-0.39, 0.29) is 12.0 Å². The Morgan fingerprint density at radius 2 is 2.18 bits per heavy atom. The van der Waals surface area contributed by atoms with Crippen molar-refractivity contribution in [1.82, 2.24) is 4.90 Å². The van der Waals surface area contributed by atoms with Crippen LogP contribution in [0.15, 0.2) is 24.3 Å². The Balaban J connectivity index is 2.55. The zero-order chi connectivity index (χ0) is 12.8. The molecule has 0 saturated heterocycles. The van der Waals surface area contributed by atoms with Crippen LogP contribution in [0.4, 0.5) is 8.78 Å². The van der Waals surface area contributed by atoms with E-state index in [4.69, 9.17) is 5.11 Å². The quantitative estimate of drug-likeness (QED) is 0.834. The number of hydrogen-bond acceptors (Lipinski definition) is 2. The molecule has 0 unspecified atom stereocenters. The fraction of sp³-hybridized carbons (Fsp3) is 0.417. The van der Waals surface area contributed by atoms with Gasteiger partial charge in [0, 0.05) is 18.7 Å². The third kappa shape index (κ3) is 4.91. The molecule has 0 heterocycles. The molecule has 0 aliphatic rings. The molecule has 0 spiro atoms. The van der Waals surface area contributed by atoms with Crippen LogP contribution in [-0.4, -0.2) is 29.6 Å². The second-order valence-electron chi connectivity index (χ2n) is 3.93. The molecule has 0 aromatic heterocycles. The molecule has 0 fully saturated rings. The molecular formula is C12H15F2NO2. The number of rotatable bonds is 6. The maximum absolute atomic E-state index is 12.4. The third-order valence-corrected chi connectivity index (χ3v) is 2.36. The zero-order valence-electron chi connectivity index (χ0n) is 9.57. The monoisotopic (exact) mass is 243 g/mol. The molecule has 0 saturated carbocycles. The molecule has 1 aromatic rings. The molecular weight excluding hydrogens is 228 g/mol. The van der Waals surface area contributed by atoms with E-state index in [1.807, 2.05) is 0 Å². The van der Waals surface area contributed by atoms with Crippen molar-refractivity contribution in [3.63, 3.8) is 0 Å². The summed E-state index contributed by atoms with van der Waals surface area (Å²) in [6.07, 6.45) is -2.43. The van der Waals surface area contributed by atoms with Crippen molar-refractivity contribution in [1.29, 1.82) is 0 Å². The minimum Gasteiger partial charge on any atom is -0.481 e. The predicted molar refractivity (Wildman–Crippen MR) is 60.0 cm³/mol. The van der Waals surface area contributed by atoms with Gasteiger partial charge in [0.15, 0.2) is 0 Å². The number of benzene rings is 1. The van der Waals surface area contributed by atoms with Crippen molar-refractivity contribution in [2.45, 2.75) is 19.4 Å². The van der Waals surface area contributed by atoms with Crippen LogP contribution < -0.4 is 0 Å². The van der Waals surface area contributed by atoms with Gasteiger partial charge in [0.2, 0.25) is 0 Å². The Bertz CT molecular complexity index is 383. The van der Waals surface area contributed by atoms with Crippen molar-refractivity contribution in [2.24, 2.45) is 0 Å². The Morgan fingerprint density at radius 1 is 1.47 bits per heavy atom. The molecule has 1 rings (SSSR count). The molecule has 94 valence electrons. The molecule has 0 bridgehead atoms. The molecule has 0 amide bonds. The van der Waals surface area contributed by atoms with E-state index in [9.17, 15) is 13.6 Å². The third-order valence-electron chi connectivity index (χ3n) is 2.36. The van der Waals surface area contributed by atoms with E-state index in [0.29, 0.717) is 13.1 Å². The summed E-state index contributed by atoms with van der Waals surface area (Å²) in [4.78, 5) is 12.2. The number of aliphatic carboxylic acids is 1. The Labute approximate surface area is 98.7 Å². The molecule has 0 aliphatic carbocycles. The smallest absolute Gasteiger partial charge is 0.304 e. The van der Waals surface area contributed by atoms with E-state index < -0.39 is 12.4 Å². The van der Waals surface area contributed by atoms with Gasteiger partial charge < -0.3 is 10.0 Å². The van der Waals surface area contributed by atoms with Crippen LogP contribution in [0.25, 0.3) is 0 Å². The zero-order valence-corrected chi connectivity index (χ0v) is 9.57. The van der Waals surface area contributed by atoms with E-state index in [0.717, 1.165) is 5.56 Å². The Hall–Kier alpha value is -1.49. The maximum atomic E-state index is 12.4. The highest BCUT2D eigenvalue weighted by atomic mass is 19.3. The number of carbonyl (C=O) groups is 1. The van der Waals surface area contributed by atoms with Crippen LogP contribution in [0.1, 0.15) is 24.0 Å². The molecule has 0 aliphatic heterocycles. The fourth-order valence-corrected chi connectivity index (χ4v) is 1.50. The highest BCUT2D eigenvalue weighted by Crippen LogP contribution is 2.19. The van der Waals surface area contributed by atoms with Crippen LogP contribution in [0.2, 0.25) is 0 Å². The topological polar surface area (TPSA) is 40.5 Å². The van der Waals surface area contributed by atoms with Crippen molar-refractivity contribution >= 4 is 5.97 Å². The molecule has 3 nitrogen and oxygen atoms in total. The van der Waals surface area contributed by atoms with Gasteiger partial charge in [-0.2, -0.15) is 0 Å². The van der Waals surface area contributed by atoms with Gasteiger partial charge in [0.05, 0.1) is 6.42 Å². The molecule has 0 atom stereocenters. The first-order valence-corrected chi connectivity index (χ1v) is 5.26. The fourth-order valence-electron chi connectivity index (χ4n) is 1.50. The van der Waals surface area contributed by atoms with Gasteiger partial charge in [0.25, 0.3) is 6.43 Å². The average molecular weight is 243 g/mol. The van der Waals surface area contributed by atoms with Crippen LogP contribution in [-0.2, 0) is 11.3 Å². The van der Waals surface area contributed by atoms with Crippen molar-refractivity contribution in [2.75, 3.05) is 13.6 Å². The van der Waals surface area contributed by atoms with Gasteiger partial charge in [0.1, 0.15) is 0 Å². The van der Waals surface area contributed by atoms with E-state index in [1.165, 1.54) is 12.1 Å². The van der Waals surface area contributed by atoms with Crippen LogP contribution >= 0.6 is 0 Å². The number of alkyl halides is 2. The maximum Gasteiger partial charge on any atom is 0.304 e. The first kappa shape index (κ1) is 13.6. The predicted octanol–water partition coefficient (Wildman–Crippen LogP) is 2.53. The molecule has 5 heteroatoms. The minimum absolute atomic E-state index is 0.00543. The summed E-state index contributed by atoms with van der Waals surface area (Å²) in [6.45, 7) is 0.863. The lowest BCUT2D eigenvalue weighted by Gasteiger charge is -2.15. The van der Waals surface area contributed by atoms with Gasteiger partial charge in [-0.25, -0.2) is 8.78 Å². The summed E-state index contributed by atoms with van der Waals surface area (Å²) in [7, 11) is 1.76. The van der Waals surface area contributed by atoms with Crippen molar-refractivity contribution < 1.29 is 18.7 Å². The highest BCUT2D eigenvalue weighted by molar-refractivity contribution is 5.66. The van der Waals surface area contributed by atoms with Crippen molar-refractivity contribution in [3.8, 4) is 0 Å². The second kappa shape index (κ2) is 6.30. The number of carboxylic acid groups (broad SMARTS) is 1. The first-order chi connectivity index (χ1) is 7.99. The van der Waals surface area contributed by atoms with Gasteiger partial charge in [-0.05, 0) is 18.7 Å². The van der Waals surface area contributed by atoms with Crippen LogP contribution in [0, 0.1) is 0 Å². The number of nitrogens with zero attached hydrogens (tertiary/aromatic N) is 1. The molecule has 17 heavy (non-hydrogen) atoms. The summed E-state index contributed by atoms with van der Waals surface area (Å²) in [5.74, 6) is -0.863. The average Bonchev–Trinajstić information content (AvgIpc) is 2.26. The highest BCUT2D eigenvalue weighted by Gasteiger charge is 2.08. The van der Waals surface area contributed by atoms with Gasteiger partial charge in [-0.3, -0.25) is 4.79 Å². The van der Waals surface area contributed by atoms with E-state index in [2.05, 4.69) is 0 Å². The lowest BCUT2D eigenvalue weighted by molar-refractivity contribution is -0.137. The van der Waals surface area contributed by atoms with Gasteiger partial charge >= 0.3 is 5.97 Å². The summed E-state index contributed by atoms with van der Waals surface area (Å²) >= 11 is 0. The van der Waals surface area contributed by atoms with Crippen molar-refractivity contribution in [3.05, 3.63) is 35.4 Å². The number of halogens is 2. The summed E-state index contributed by atoms with van der Waals surface area (Å²) in [5.41, 5.74) is 0.754. The normalized spacial score (nSPS) is 11.1. The molecule has 0 radical (unpaired) electrons. The largest absolute Gasteiger partial charge is 0.481 e. The summed E-state index contributed by atoms with van der Waals surface area (Å²) < 4.78 is 24.9. The summed E-state index contributed by atoms with van der Waals surface area (Å²) in [6, 6.07) is 6.17. The van der Waals surface area contributed by atoms with Crippen LogP contribution in [0.5, 0.6) is 0 Å². The number of hydrogen-bond donors (Lipinski definition) is 1. The van der Waals surface area contributed by atoms with Gasteiger partial charge in [-0.15, -0.1) is 0 Å². The molecule has 1 N–H and O–H groups in total. The molecule has 1 aromatic carbocycles. The van der Waals surface area contributed by atoms with E-state index in [1.54, 1.807) is 24.1 Å². The SMILES string of the molecule is CN(CCC(=O)O)Cc1cccc(C(F)F)c1.